The van der Waals surface area contributed by atoms with Crippen LogP contribution in [0.5, 0.6) is 5.75 Å². The predicted octanol–water partition coefficient (Wildman–Crippen LogP) is 2.59. The molecule has 3 nitrogen and oxygen atoms in total. The Morgan fingerprint density at radius 2 is 1.78 bits per heavy atom. The number of phenols is 1. The largest absolute Gasteiger partial charge is 0.508 e. The number of nitrogens with one attached hydrogen (secondary N) is 1. The lowest BCUT2D eigenvalue weighted by Crippen LogP contribution is -2.29. The number of phenolic OH excluding ortho intramolecular Hbond substituents is 1. The molecule has 1 unspecified atom stereocenters. The molecular formula is C15H23NO2. The van der Waals surface area contributed by atoms with E-state index in [-0.39, 0.29) is 6.10 Å². The summed E-state index contributed by atoms with van der Waals surface area (Å²) in [6.07, 6.45) is 4.06. The number of hydrogen-bond acceptors (Lipinski definition) is 3. The van der Waals surface area contributed by atoms with E-state index in [1.165, 1.54) is 5.56 Å². The second-order valence-corrected chi connectivity index (χ2v) is 5.40. The molecule has 1 atom stereocenters. The minimum Gasteiger partial charge on any atom is -0.508 e. The summed E-state index contributed by atoms with van der Waals surface area (Å²) in [7, 11) is 0. The number of rotatable bonds is 4. The molecule has 2 rings (SSSR count). The normalized spacial score (nSPS) is 25.9. The molecule has 0 heterocycles. The Morgan fingerprint density at radius 3 is 2.39 bits per heavy atom. The van der Waals surface area contributed by atoms with E-state index in [1.54, 1.807) is 12.1 Å². The van der Waals surface area contributed by atoms with E-state index < -0.39 is 0 Å². The lowest BCUT2D eigenvalue weighted by atomic mass is 9.87. The first-order chi connectivity index (χ1) is 8.65. The van der Waals surface area contributed by atoms with Crippen molar-refractivity contribution in [3.63, 3.8) is 0 Å². The van der Waals surface area contributed by atoms with Gasteiger partial charge in [0, 0.05) is 6.04 Å². The van der Waals surface area contributed by atoms with Crippen LogP contribution in [0.2, 0.25) is 0 Å². The van der Waals surface area contributed by atoms with Crippen LogP contribution in [0, 0.1) is 5.92 Å². The maximum Gasteiger partial charge on any atom is 0.115 e. The van der Waals surface area contributed by atoms with E-state index >= 15 is 0 Å². The number of hydrogen-bond donors (Lipinski definition) is 3. The molecule has 0 amide bonds. The van der Waals surface area contributed by atoms with Gasteiger partial charge in [-0.25, -0.2) is 0 Å². The van der Waals surface area contributed by atoms with E-state index in [0.29, 0.717) is 17.7 Å². The van der Waals surface area contributed by atoms with E-state index in [0.717, 1.165) is 32.2 Å². The number of aliphatic hydroxyl groups excluding tert-OH is 1. The minimum atomic E-state index is -0.0734. The number of benzene rings is 1. The molecule has 1 fully saturated rings. The van der Waals surface area contributed by atoms with Crippen molar-refractivity contribution in [3.8, 4) is 5.75 Å². The maximum absolute atomic E-state index is 9.46. The van der Waals surface area contributed by atoms with Crippen LogP contribution in [0.25, 0.3) is 0 Å². The maximum atomic E-state index is 9.46. The van der Waals surface area contributed by atoms with E-state index in [1.807, 2.05) is 12.1 Å². The Kier molecular flexibility index (Phi) is 4.61. The van der Waals surface area contributed by atoms with Crippen molar-refractivity contribution in [2.24, 2.45) is 5.92 Å². The SMILES string of the molecule is CC(NCC1CCC(O)CC1)c1ccc(O)cc1. The van der Waals surface area contributed by atoms with Crippen molar-refractivity contribution >= 4 is 0 Å². The van der Waals surface area contributed by atoms with Crippen LogP contribution in [0.15, 0.2) is 24.3 Å². The smallest absolute Gasteiger partial charge is 0.115 e. The zero-order chi connectivity index (χ0) is 13.0. The second-order valence-electron chi connectivity index (χ2n) is 5.40. The second kappa shape index (κ2) is 6.21. The summed E-state index contributed by atoms with van der Waals surface area (Å²) < 4.78 is 0. The molecular weight excluding hydrogens is 226 g/mol. The average molecular weight is 249 g/mol. The van der Waals surface area contributed by atoms with Crippen LogP contribution in [0.1, 0.15) is 44.2 Å². The summed E-state index contributed by atoms with van der Waals surface area (Å²) in [6.45, 7) is 3.15. The third-order valence-corrected chi connectivity index (χ3v) is 3.92. The Hall–Kier alpha value is -1.06. The fourth-order valence-electron chi connectivity index (χ4n) is 2.57. The van der Waals surface area contributed by atoms with Crippen molar-refractivity contribution in [2.75, 3.05) is 6.54 Å². The summed E-state index contributed by atoms with van der Waals surface area (Å²) in [5.74, 6) is 1.00. The summed E-state index contributed by atoms with van der Waals surface area (Å²) >= 11 is 0. The third-order valence-electron chi connectivity index (χ3n) is 3.92. The van der Waals surface area contributed by atoms with Crippen LogP contribution in [0.4, 0.5) is 0 Å². The van der Waals surface area contributed by atoms with Gasteiger partial charge < -0.3 is 15.5 Å². The lowest BCUT2D eigenvalue weighted by Gasteiger charge is -2.27. The molecule has 100 valence electrons. The summed E-state index contributed by atoms with van der Waals surface area (Å²) in [5.41, 5.74) is 1.20. The topological polar surface area (TPSA) is 52.5 Å². The van der Waals surface area contributed by atoms with Gasteiger partial charge in [0.15, 0.2) is 0 Å². The average Bonchev–Trinajstić information content (AvgIpc) is 2.38. The Bertz CT molecular complexity index is 355. The standard InChI is InChI=1S/C15H23NO2/c1-11(13-4-8-15(18)9-5-13)16-10-12-2-6-14(17)7-3-12/h4-5,8-9,11-12,14,16-18H,2-3,6-7,10H2,1H3. The van der Waals surface area contributed by atoms with Crippen LogP contribution >= 0.6 is 0 Å². The molecule has 1 saturated carbocycles. The van der Waals surface area contributed by atoms with Crippen molar-refractivity contribution < 1.29 is 10.2 Å². The van der Waals surface area contributed by atoms with Gasteiger partial charge in [0.05, 0.1) is 6.10 Å². The highest BCUT2D eigenvalue weighted by molar-refractivity contribution is 5.27. The highest BCUT2D eigenvalue weighted by Gasteiger charge is 2.19. The fourth-order valence-corrected chi connectivity index (χ4v) is 2.57. The summed E-state index contributed by atoms with van der Waals surface area (Å²) in [5, 5.41) is 22.3. The summed E-state index contributed by atoms with van der Waals surface area (Å²) in [4.78, 5) is 0. The Labute approximate surface area is 109 Å². The predicted molar refractivity (Wildman–Crippen MR) is 72.5 cm³/mol. The molecule has 1 aliphatic carbocycles. The molecule has 0 bridgehead atoms. The molecule has 1 aromatic rings. The molecule has 0 saturated heterocycles. The van der Waals surface area contributed by atoms with Gasteiger partial charge >= 0.3 is 0 Å². The van der Waals surface area contributed by atoms with E-state index in [2.05, 4.69) is 12.2 Å². The third kappa shape index (κ3) is 3.72. The van der Waals surface area contributed by atoms with Gasteiger partial charge in [0.2, 0.25) is 0 Å². The highest BCUT2D eigenvalue weighted by Crippen LogP contribution is 2.24. The van der Waals surface area contributed by atoms with Crippen molar-refractivity contribution in [1.29, 1.82) is 0 Å². The van der Waals surface area contributed by atoms with Gasteiger partial charge in [0.1, 0.15) is 5.75 Å². The van der Waals surface area contributed by atoms with Crippen molar-refractivity contribution in [3.05, 3.63) is 29.8 Å². The van der Waals surface area contributed by atoms with Gasteiger partial charge in [-0.15, -0.1) is 0 Å². The monoisotopic (exact) mass is 249 g/mol. The Balaban J connectivity index is 1.77. The number of aliphatic hydroxyl groups is 1. The first-order valence-electron chi connectivity index (χ1n) is 6.85. The molecule has 0 radical (unpaired) electrons. The molecule has 18 heavy (non-hydrogen) atoms. The molecule has 0 aliphatic heterocycles. The van der Waals surface area contributed by atoms with E-state index in [9.17, 15) is 10.2 Å². The highest BCUT2D eigenvalue weighted by atomic mass is 16.3. The first-order valence-corrected chi connectivity index (χ1v) is 6.85. The molecule has 0 spiro atoms. The van der Waals surface area contributed by atoms with Crippen molar-refractivity contribution in [1.82, 2.24) is 5.32 Å². The molecule has 1 aromatic carbocycles. The van der Waals surface area contributed by atoms with Crippen LogP contribution < -0.4 is 5.32 Å². The van der Waals surface area contributed by atoms with Crippen molar-refractivity contribution in [2.45, 2.75) is 44.8 Å². The summed E-state index contributed by atoms with van der Waals surface area (Å²) in [6, 6.07) is 7.67. The van der Waals surface area contributed by atoms with E-state index in [4.69, 9.17) is 0 Å². The van der Waals surface area contributed by atoms with Gasteiger partial charge in [-0.2, -0.15) is 0 Å². The van der Waals surface area contributed by atoms with Gasteiger partial charge in [-0.3, -0.25) is 0 Å². The van der Waals surface area contributed by atoms with Crippen LogP contribution in [0.3, 0.4) is 0 Å². The zero-order valence-electron chi connectivity index (χ0n) is 11.0. The molecule has 1 aliphatic rings. The van der Waals surface area contributed by atoms with Crippen LogP contribution in [-0.2, 0) is 0 Å². The molecule has 3 N–H and O–H groups in total. The van der Waals surface area contributed by atoms with Gasteiger partial charge in [-0.1, -0.05) is 12.1 Å². The minimum absolute atomic E-state index is 0.0734. The lowest BCUT2D eigenvalue weighted by molar-refractivity contribution is 0.108. The van der Waals surface area contributed by atoms with Gasteiger partial charge in [0.25, 0.3) is 0 Å². The quantitative estimate of drug-likeness (QED) is 0.769. The fraction of sp³-hybridized carbons (Fsp3) is 0.600. The Morgan fingerprint density at radius 1 is 1.17 bits per heavy atom. The first kappa shape index (κ1) is 13.4. The number of aromatic hydroxyl groups is 1. The molecule has 3 heteroatoms. The zero-order valence-corrected chi connectivity index (χ0v) is 11.0. The van der Waals surface area contributed by atoms with Crippen LogP contribution in [-0.4, -0.2) is 22.9 Å². The van der Waals surface area contributed by atoms with Gasteiger partial charge in [-0.05, 0) is 62.8 Å². The molecule has 0 aromatic heterocycles.